The SMILES string of the molecule is Cc1cc(=O)[nH]c(SCC(C)C#N)n1. The Morgan fingerprint density at radius 1 is 1.79 bits per heavy atom. The van der Waals surface area contributed by atoms with E-state index in [0.717, 1.165) is 0 Å². The molecule has 1 atom stereocenters. The first-order valence-electron chi connectivity index (χ1n) is 4.22. The lowest BCUT2D eigenvalue weighted by Crippen LogP contribution is -2.08. The third kappa shape index (κ3) is 3.23. The molecule has 14 heavy (non-hydrogen) atoms. The maximum absolute atomic E-state index is 11.1. The highest BCUT2D eigenvalue weighted by molar-refractivity contribution is 7.99. The monoisotopic (exact) mass is 209 g/mol. The molecular weight excluding hydrogens is 198 g/mol. The molecule has 1 rings (SSSR count). The molecule has 0 aliphatic rings. The fraction of sp³-hybridized carbons (Fsp3) is 0.444. The van der Waals surface area contributed by atoms with Crippen LogP contribution >= 0.6 is 11.8 Å². The Balaban J connectivity index is 2.69. The van der Waals surface area contributed by atoms with E-state index in [1.165, 1.54) is 17.8 Å². The van der Waals surface area contributed by atoms with Crippen molar-refractivity contribution < 1.29 is 0 Å². The van der Waals surface area contributed by atoms with E-state index in [-0.39, 0.29) is 11.5 Å². The van der Waals surface area contributed by atoms with Crippen LogP contribution in [-0.2, 0) is 0 Å². The molecule has 1 heterocycles. The fourth-order valence-corrected chi connectivity index (χ4v) is 1.72. The highest BCUT2D eigenvalue weighted by Gasteiger charge is 2.03. The zero-order chi connectivity index (χ0) is 10.6. The van der Waals surface area contributed by atoms with Crippen molar-refractivity contribution in [3.05, 3.63) is 22.1 Å². The normalized spacial score (nSPS) is 12.1. The molecule has 0 aliphatic heterocycles. The van der Waals surface area contributed by atoms with Crippen LogP contribution in [0.5, 0.6) is 0 Å². The van der Waals surface area contributed by atoms with Gasteiger partial charge in [-0.3, -0.25) is 4.79 Å². The second kappa shape index (κ2) is 4.82. The lowest BCUT2D eigenvalue weighted by atomic mass is 10.3. The molecule has 1 aromatic heterocycles. The quantitative estimate of drug-likeness (QED) is 0.602. The number of aromatic nitrogens is 2. The van der Waals surface area contributed by atoms with Gasteiger partial charge in [-0.1, -0.05) is 11.8 Å². The standard InChI is InChI=1S/C9H11N3OS/c1-6(4-10)5-14-9-11-7(2)3-8(13)12-9/h3,6H,5H2,1-2H3,(H,11,12,13). The molecule has 0 saturated heterocycles. The lowest BCUT2D eigenvalue weighted by molar-refractivity contribution is 0.849. The van der Waals surface area contributed by atoms with Crippen LogP contribution in [0.25, 0.3) is 0 Å². The van der Waals surface area contributed by atoms with Crippen LogP contribution in [0.1, 0.15) is 12.6 Å². The van der Waals surface area contributed by atoms with Gasteiger partial charge in [-0.25, -0.2) is 4.98 Å². The van der Waals surface area contributed by atoms with Gasteiger partial charge in [0.15, 0.2) is 5.16 Å². The van der Waals surface area contributed by atoms with E-state index in [2.05, 4.69) is 16.0 Å². The molecule has 0 radical (unpaired) electrons. The third-order valence-corrected chi connectivity index (χ3v) is 2.67. The minimum absolute atomic E-state index is 0.0363. The molecular formula is C9H11N3OS. The van der Waals surface area contributed by atoms with Gasteiger partial charge in [0.1, 0.15) is 0 Å². The average molecular weight is 209 g/mol. The Bertz CT molecular complexity index is 407. The van der Waals surface area contributed by atoms with Crippen molar-refractivity contribution in [2.24, 2.45) is 5.92 Å². The summed E-state index contributed by atoms with van der Waals surface area (Å²) in [7, 11) is 0. The van der Waals surface area contributed by atoms with Crippen molar-refractivity contribution >= 4 is 11.8 Å². The summed E-state index contributed by atoms with van der Waals surface area (Å²) in [5.41, 5.74) is 0.547. The van der Waals surface area contributed by atoms with Crippen molar-refractivity contribution in [3.8, 4) is 6.07 Å². The van der Waals surface area contributed by atoms with Crippen LogP contribution < -0.4 is 5.56 Å². The van der Waals surface area contributed by atoms with Gasteiger partial charge < -0.3 is 4.98 Å². The van der Waals surface area contributed by atoms with E-state index in [0.29, 0.717) is 16.6 Å². The minimum Gasteiger partial charge on any atom is -0.301 e. The Morgan fingerprint density at radius 3 is 3.07 bits per heavy atom. The summed E-state index contributed by atoms with van der Waals surface area (Å²) in [6.07, 6.45) is 0. The van der Waals surface area contributed by atoms with Crippen LogP contribution in [0.3, 0.4) is 0 Å². The largest absolute Gasteiger partial charge is 0.301 e. The first-order chi connectivity index (χ1) is 6.61. The fourth-order valence-electron chi connectivity index (χ4n) is 0.861. The third-order valence-electron chi connectivity index (χ3n) is 1.54. The predicted molar refractivity (Wildman–Crippen MR) is 55.1 cm³/mol. The van der Waals surface area contributed by atoms with Crippen molar-refractivity contribution in [3.63, 3.8) is 0 Å². The Hall–Kier alpha value is -1.28. The number of nitriles is 1. The number of nitrogens with one attached hydrogen (secondary N) is 1. The highest BCUT2D eigenvalue weighted by atomic mass is 32.2. The number of nitrogens with zero attached hydrogens (tertiary/aromatic N) is 2. The first kappa shape index (κ1) is 10.8. The number of H-pyrrole nitrogens is 1. The molecule has 1 aromatic rings. The Kier molecular flexibility index (Phi) is 3.72. The van der Waals surface area contributed by atoms with Crippen LogP contribution in [0, 0.1) is 24.2 Å². The average Bonchev–Trinajstić information content (AvgIpc) is 2.12. The van der Waals surface area contributed by atoms with Gasteiger partial charge >= 0.3 is 0 Å². The molecule has 1 unspecified atom stereocenters. The molecule has 1 N–H and O–H groups in total. The summed E-state index contributed by atoms with van der Waals surface area (Å²) in [4.78, 5) is 17.8. The van der Waals surface area contributed by atoms with Crippen molar-refractivity contribution in [1.29, 1.82) is 5.26 Å². The van der Waals surface area contributed by atoms with Crippen molar-refractivity contribution in [1.82, 2.24) is 9.97 Å². The predicted octanol–water partition coefficient (Wildman–Crippen LogP) is 1.33. The van der Waals surface area contributed by atoms with Crippen LogP contribution in [0.4, 0.5) is 0 Å². The van der Waals surface area contributed by atoms with E-state index < -0.39 is 0 Å². The van der Waals surface area contributed by atoms with Crippen molar-refractivity contribution in [2.75, 3.05) is 5.75 Å². The molecule has 0 amide bonds. The molecule has 0 spiro atoms. The van der Waals surface area contributed by atoms with Gasteiger partial charge in [-0.15, -0.1) is 0 Å². The molecule has 74 valence electrons. The molecule has 0 aromatic carbocycles. The van der Waals surface area contributed by atoms with E-state index in [9.17, 15) is 4.79 Å². The minimum atomic E-state index is -0.149. The van der Waals surface area contributed by atoms with Crippen molar-refractivity contribution in [2.45, 2.75) is 19.0 Å². The number of hydrogen-bond acceptors (Lipinski definition) is 4. The molecule has 0 aliphatic carbocycles. The molecule has 0 bridgehead atoms. The van der Waals surface area contributed by atoms with Gasteiger partial charge in [0.05, 0.1) is 12.0 Å². The lowest BCUT2D eigenvalue weighted by Gasteiger charge is -2.01. The number of hydrogen-bond donors (Lipinski definition) is 1. The van der Waals surface area contributed by atoms with E-state index in [1.807, 2.05) is 6.92 Å². The van der Waals surface area contributed by atoms with E-state index in [1.54, 1.807) is 6.92 Å². The van der Waals surface area contributed by atoms with E-state index >= 15 is 0 Å². The van der Waals surface area contributed by atoms with Gasteiger partial charge in [0, 0.05) is 17.5 Å². The molecule has 0 fully saturated rings. The zero-order valence-electron chi connectivity index (χ0n) is 8.07. The summed E-state index contributed by atoms with van der Waals surface area (Å²) in [5, 5.41) is 9.15. The summed E-state index contributed by atoms with van der Waals surface area (Å²) in [5.74, 6) is 0.605. The Morgan fingerprint density at radius 2 is 2.50 bits per heavy atom. The highest BCUT2D eigenvalue weighted by Crippen LogP contribution is 2.14. The maximum atomic E-state index is 11.1. The molecule has 0 saturated carbocycles. The Labute approximate surface area is 86.4 Å². The molecule has 5 heteroatoms. The van der Waals surface area contributed by atoms with E-state index in [4.69, 9.17) is 5.26 Å². The van der Waals surface area contributed by atoms with Crippen LogP contribution in [-0.4, -0.2) is 15.7 Å². The second-order valence-electron chi connectivity index (χ2n) is 3.03. The number of aromatic amines is 1. The van der Waals surface area contributed by atoms with Crippen LogP contribution in [0.2, 0.25) is 0 Å². The van der Waals surface area contributed by atoms with Gasteiger partial charge in [0.2, 0.25) is 0 Å². The summed E-state index contributed by atoms with van der Waals surface area (Å²) in [6.45, 7) is 3.61. The zero-order valence-corrected chi connectivity index (χ0v) is 8.89. The van der Waals surface area contributed by atoms with Gasteiger partial charge in [-0.2, -0.15) is 5.26 Å². The second-order valence-corrected chi connectivity index (χ2v) is 4.04. The van der Waals surface area contributed by atoms with Crippen LogP contribution in [0.15, 0.2) is 16.0 Å². The summed E-state index contributed by atoms with van der Waals surface area (Å²) in [6, 6.07) is 3.57. The summed E-state index contributed by atoms with van der Waals surface area (Å²) < 4.78 is 0. The molecule has 4 nitrogen and oxygen atoms in total. The number of rotatable bonds is 3. The maximum Gasteiger partial charge on any atom is 0.251 e. The van der Waals surface area contributed by atoms with Gasteiger partial charge in [0.25, 0.3) is 5.56 Å². The smallest absolute Gasteiger partial charge is 0.251 e. The topological polar surface area (TPSA) is 69.5 Å². The number of thioether (sulfide) groups is 1. The van der Waals surface area contributed by atoms with Gasteiger partial charge in [-0.05, 0) is 13.8 Å². The number of aryl methyl sites for hydroxylation is 1. The summed E-state index contributed by atoms with van der Waals surface area (Å²) >= 11 is 1.39. The first-order valence-corrected chi connectivity index (χ1v) is 5.20.